The van der Waals surface area contributed by atoms with Crippen molar-refractivity contribution >= 4 is 11.6 Å². The molecule has 3 aromatic rings. The van der Waals surface area contributed by atoms with Gasteiger partial charge < -0.3 is 9.63 Å². The van der Waals surface area contributed by atoms with E-state index in [4.69, 9.17) is 16.1 Å². The summed E-state index contributed by atoms with van der Waals surface area (Å²) in [4.78, 5) is 0. The third-order valence-electron chi connectivity index (χ3n) is 3.36. The first kappa shape index (κ1) is 13.9. The van der Waals surface area contributed by atoms with Gasteiger partial charge in [-0.3, -0.25) is 0 Å². The monoisotopic (exact) mass is 299 g/mol. The number of benzene rings is 2. The van der Waals surface area contributed by atoms with Crippen molar-refractivity contribution in [3.63, 3.8) is 0 Å². The zero-order valence-electron chi connectivity index (χ0n) is 11.5. The summed E-state index contributed by atoms with van der Waals surface area (Å²) < 4.78 is 5.45. The van der Waals surface area contributed by atoms with Gasteiger partial charge in [0.1, 0.15) is 5.69 Å². The third-order valence-corrected chi connectivity index (χ3v) is 3.59. The van der Waals surface area contributed by atoms with Gasteiger partial charge >= 0.3 is 0 Å². The molecule has 0 bridgehead atoms. The number of hydrogen-bond acceptors (Lipinski definition) is 3. The molecule has 4 heteroatoms. The highest BCUT2D eigenvalue weighted by Crippen LogP contribution is 2.33. The van der Waals surface area contributed by atoms with Crippen molar-refractivity contribution in [3.8, 4) is 22.6 Å². The van der Waals surface area contributed by atoms with E-state index >= 15 is 0 Å². The summed E-state index contributed by atoms with van der Waals surface area (Å²) >= 11 is 6.01. The molecule has 0 aliphatic rings. The molecule has 21 heavy (non-hydrogen) atoms. The quantitative estimate of drug-likeness (QED) is 0.776. The van der Waals surface area contributed by atoms with Crippen LogP contribution in [-0.2, 0) is 6.61 Å². The van der Waals surface area contributed by atoms with Gasteiger partial charge in [-0.15, -0.1) is 0 Å². The molecule has 0 radical (unpaired) electrons. The Morgan fingerprint density at radius 1 is 1.10 bits per heavy atom. The van der Waals surface area contributed by atoms with Gasteiger partial charge in [-0.25, -0.2) is 0 Å². The molecule has 1 aromatic heterocycles. The number of hydrogen-bond donors (Lipinski definition) is 1. The van der Waals surface area contributed by atoms with E-state index < -0.39 is 0 Å². The largest absolute Gasteiger partial charge is 0.391 e. The molecule has 0 fully saturated rings. The van der Waals surface area contributed by atoms with Gasteiger partial charge in [0.15, 0.2) is 5.76 Å². The molecular weight excluding hydrogens is 286 g/mol. The van der Waals surface area contributed by atoms with E-state index in [-0.39, 0.29) is 6.61 Å². The predicted octanol–water partition coefficient (Wildman–Crippen LogP) is 4.46. The fraction of sp³-hybridized carbons (Fsp3) is 0.118. The first-order valence-corrected chi connectivity index (χ1v) is 6.99. The summed E-state index contributed by atoms with van der Waals surface area (Å²) in [6.07, 6.45) is 0. The third kappa shape index (κ3) is 2.71. The smallest absolute Gasteiger partial charge is 0.173 e. The van der Waals surface area contributed by atoms with Crippen LogP contribution in [0.5, 0.6) is 0 Å². The molecule has 0 aliphatic carbocycles. The maximum absolute atomic E-state index is 9.70. The molecule has 1 N–H and O–H groups in total. The number of nitrogens with zero attached hydrogens (tertiary/aromatic N) is 1. The van der Waals surface area contributed by atoms with Crippen molar-refractivity contribution < 1.29 is 9.63 Å². The lowest BCUT2D eigenvalue weighted by atomic mass is 10.0. The van der Waals surface area contributed by atoms with Gasteiger partial charge in [0.05, 0.1) is 12.2 Å². The van der Waals surface area contributed by atoms with Crippen LogP contribution in [0.2, 0.25) is 5.02 Å². The summed E-state index contributed by atoms with van der Waals surface area (Å²) in [6, 6.07) is 15.2. The molecule has 0 aliphatic heterocycles. The zero-order chi connectivity index (χ0) is 14.8. The lowest BCUT2D eigenvalue weighted by molar-refractivity contribution is 0.281. The van der Waals surface area contributed by atoms with Gasteiger partial charge in [0.2, 0.25) is 0 Å². The Bertz CT molecular complexity index is 763. The Kier molecular flexibility index (Phi) is 3.78. The Labute approximate surface area is 127 Å². The van der Waals surface area contributed by atoms with Crippen LogP contribution in [0, 0.1) is 6.92 Å². The maximum Gasteiger partial charge on any atom is 0.173 e. The Morgan fingerprint density at radius 2 is 1.86 bits per heavy atom. The summed E-state index contributed by atoms with van der Waals surface area (Å²) in [5.41, 5.74) is 4.18. The minimum Gasteiger partial charge on any atom is -0.391 e. The van der Waals surface area contributed by atoms with E-state index in [2.05, 4.69) is 5.16 Å². The van der Waals surface area contributed by atoms with E-state index in [1.54, 1.807) is 12.1 Å². The molecule has 0 saturated heterocycles. The summed E-state index contributed by atoms with van der Waals surface area (Å²) in [5, 5.41) is 14.4. The topological polar surface area (TPSA) is 46.3 Å². The predicted molar refractivity (Wildman–Crippen MR) is 83.0 cm³/mol. The number of halogens is 1. The second-order valence-corrected chi connectivity index (χ2v) is 5.31. The Balaban J connectivity index is 2.11. The van der Waals surface area contributed by atoms with E-state index in [9.17, 15) is 5.11 Å². The van der Waals surface area contributed by atoms with Crippen LogP contribution in [0.3, 0.4) is 0 Å². The second-order valence-electron chi connectivity index (χ2n) is 4.87. The minimum atomic E-state index is -0.144. The molecule has 0 amide bonds. The van der Waals surface area contributed by atoms with Crippen molar-refractivity contribution in [2.45, 2.75) is 13.5 Å². The highest BCUT2D eigenvalue weighted by Gasteiger charge is 2.18. The highest BCUT2D eigenvalue weighted by atomic mass is 35.5. The summed E-state index contributed by atoms with van der Waals surface area (Å²) in [6.45, 7) is 1.88. The maximum atomic E-state index is 9.70. The lowest BCUT2D eigenvalue weighted by Crippen LogP contribution is -1.89. The first-order valence-electron chi connectivity index (χ1n) is 6.61. The standard InChI is InChI=1S/C17H14ClNO2/c1-11-5-7-12(8-6-11)17-15(10-20)16(19-21-17)13-3-2-4-14(18)9-13/h2-9,20H,10H2,1H3. The number of aliphatic hydroxyl groups is 1. The van der Waals surface area contributed by atoms with E-state index in [0.717, 1.165) is 11.1 Å². The highest BCUT2D eigenvalue weighted by molar-refractivity contribution is 6.30. The molecule has 1 heterocycles. The molecular formula is C17H14ClNO2. The van der Waals surface area contributed by atoms with Gasteiger partial charge in [0.25, 0.3) is 0 Å². The number of aryl methyl sites for hydroxylation is 1. The van der Waals surface area contributed by atoms with Gasteiger partial charge in [-0.1, -0.05) is 58.7 Å². The fourth-order valence-corrected chi connectivity index (χ4v) is 2.44. The van der Waals surface area contributed by atoms with E-state index in [1.807, 2.05) is 43.3 Å². The van der Waals surface area contributed by atoms with Crippen LogP contribution < -0.4 is 0 Å². The van der Waals surface area contributed by atoms with Crippen LogP contribution in [-0.4, -0.2) is 10.3 Å². The van der Waals surface area contributed by atoms with Gasteiger partial charge in [0, 0.05) is 16.1 Å². The van der Waals surface area contributed by atoms with Crippen molar-refractivity contribution in [1.29, 1.82) is 0 Å². The molecule has 0 spiro atoms. The van der Waals surface area contributed by atoms with E-state index in [0.29, 0.717) is 22.0 Å². The zero-order valence-corrected chi connectivity index (χ0v) is 12.3. The first-order chi connectivity index (χ1) is 10.2. The summed E-state index contributed by atoms with van der Waals surface area (Å²) in [7, 11) is 0. The SMILES string of the molecule is Cc1ccc(-c2onc(-c3cccc(Cl)c3)c2CO)cc1. The van der Waals surface area contributed by atoms with Crippen LogP contribution in [0.1, 0.15) is 11.1 Å². The average Bonchev–Trinajstić information content (AvgIpc) is 2.92. The van der Waals surface area contributed by atoms with Crippen molar-refractivity contribution in [2.24, 2.45) is 0 Å². The van der Waals surface area contributed by atoms with Crippen LogP contribution in [0.15, 0.2) is 53.1 Å². The van der Waals surface area contributed by atoms with Crippen molar-refractivity contribution in [2.75, 3.05) is 0 Å². The number of aromatic nitrogens is 1. The molecule has 0 saturated carbocycles. The normalized spacial score (nSPS) is 10.8. The van der Waals surface area contributed by atoms with Gasteiger partial charge in [-0.2, -0.15) is 0 Å². The fourth-order valence-electron chi connectivity index (χ4n) is 2.25. The van der Waals surface area contributed by atoms with Crippen LogP contribution in [0.25, 0.3) is 22.6 Å². The summed E-state index contributed by atoms with van der Waals surface area (Å²) in [5.74, 6) is 0.590. The molecule has 106 valence electrons. The lowest BCUT2D eigenvalue weighted by Gasteiger charge is -2.02. The second kappa shape index (κ2) is 5.72. The molecule has 3 rings (SSSR count). The average molecular weight is 300 g/mol. The van der Waals surface area contributed by atoms with Crippen molar-refractivity contribution in [3.05, 3.63) is 64.7 Å². The van der Waals surface area contributed by atoms with Crippen LogP contribution in [0.4, 0.5) is 0 Å². The Morgan fingerprint density at radius 3 is 2.52 bits per heavy atom. The number of rotatable bonds is 3. The van der Waals surface area contributed by atoms with E-state index in [1.165, 1.54) is 5.56 Å². The molecule has 2 aromatic carbocycles. The van der Waals surface area contributed by atoms with Crippen LogP contribution >= 0.6 is 11.6 Å². The number of aliphatic hydroxyl groups excluding tert-OH is 1. The Hall–Kier alpha value is -2.10. The molecule has 0 atom stereocenters. The minimum absolute atomic E-state index is 0.144. The molecule has 3 nitrogen and oxygen atoms in total. The van der Waals surface area contributed by atoms with Crippen molar-refractivity contribution in [1.82, 2.24) is 5.16 Å². The molecule has 0 unspecified atom stereocenters. The van der Waals surface area contributed by atoms with Gasteiger partial charge in [-0.05, 0) is 19.1 Å².